The molecule has 0 atom stereocenters. The minimum Gasteiger partial charge on any atom is -0.469 e. The quantitative estimate of drug-likeness (QED) is 0.713. The Hall–Kier alpha value is -2.12. The van der Waals surface area contributed by atoms with Gasteiger partial charge in [0.15, 0.2) is 0 Å². The Kier molecular flexibility index (Phi) is 6.16. The van der Waals surface area contributed by atoms with Crippen molar-refractivity contribution in [2.75, 3.05) is 13.7 Å². The van der Waals surface area contributed by atoms with E-state index in [1.54, 1.807) is 0 Å². The van der Waals surface area contributed by atoms with Crippen molar-refractivity contribution in [3.8, 4) is 10.4 Å². The van der Waals surface area contributed by atoms with E-state index in [0.29, 0.717) is 24.9 Å². The number of carbonyl (C=O) groups excluding carboxylic acids is 2. The van der Waals surface area contributed by atoms with Crippen LogP contribution in [0.2, 0.25) is 0 Å². The fourth-order valence-corrected chi connectivity index (χ4v) is 3.70. The molecule has 6 nitrogen and oxygen atoms in total. The molecule has 2 aromatic rings. The average molecular weight is 350 g/mol. The second-order valence-electron chi connectivity index (χ2n) is 5.43. The molecule has 1 amide bonds. The smallest absolute Gasteiger partial charge is 0.305 e. The number of hydrogen-bond acceptors (Lipinski definition) is 5. The van der Waals surface area contributed by atoms with Crippen molar-refractivity contribution < 1.29 is 19.4 Å². The van der Waals surface area contributed by atoms with E-state index in [2.05, 4.69) is 0 Å². The third kappa shape index (κ3) is 3.68. The molecule has 0 unspecified atom stereocenters. The Morgan fingerprint density at radius 3 is 2.71 bits per heavy atom. The van der Waals surface area contributed by atoms with Crippen molar-refractivity contribution in [3.05, 3.63) is 34.5 Å². The number of hydrogen-bond donors (Lipinski definition) is 2. The molecule has 7 heteroatoms. The molecule has 0 radical (unpaired) electrons. The average Bonchev–Trinajstić information content (AvgIpc) is 3.16. The van der Waals surface area contributed by atoms with Gasteiger partial charge in [-0.15, -0.1) is 11.3 Å². The van der Waals surface area contributed by atoms with Gasteiger partial charge < -0.3 is 20.1 Å². The lowest BCUT2D eigenvalue weighted by atomic mass is 10.0. The molecule has 0 fully saturated rings. The summed E-state index contributed by atoms with van der Waals surface area (Å²) in [4.78, 5) is 24.6. The summed E-state index contributed by atoms with van der Waals surface area (Å²) in [7, 11) is 1.35. The third-order valence-electron chi connectivity index (χ3n) is 3.98. The van der Waals surface area contributed by atoms with Gasteiger partial charge in [-0.1, -0.05) is 6.07 Å². The molecule has 0 saturated heterocycles. The first-order valence-corrected chi connectivity index (χ1v) is 8.62. The molecule has 0 saturated carbocycles. The maximum absolute atomic E-state index is 12.0. The van der Waals surface area contributed by atoms with Crippen molar-refractivity contribution in [1.82, 2.24) is 4.57 Å². The highest BCUT2D eigenvalue weighted by atomic mass is 32.1. The monoisotopic (exact) mass is 350 g/mol. The van der Waals surface area contributed by atoms with Gasteiger partial charge in [-0.05, 0) is 31.2 Å². The lowest BCUT2D eigenvalue weighted by molar-refractivity contribution is -0.140. The van der Waals surface area contributed by atoms with Crippen LogP contribution < -0.4 is 5.73 Å². The Morgan fingerprint density at radius 1 is 1.42 bits per heavy atom. The zero-order valence-electron chi connectivity index (χ0n) is 13.9. The first-order valence-electron chi connectivity index (χ1n) is 7.74. The highest BCUT2D eigenvalue weighted by molar-refractivity contribution is 7.13. The number of rotatable bonds is 8. The van der Waals surface area contributed by atoms with Crippen molar-refractivity contribution in [3.63, 3.8) is 0 Å². The first-order chi connectivity index (χ1) is 11.5. The molecule has 3 N–H and O–H groups in total. The number of aliphatic hydroxyl groups is 1. The predicted octanol–water partition coefficient (Wildman–Crippen LogP) is 2.11. The highest BCUT2D eigenvalue weighted by Crippen LogP contribution is 2.36. The summed E-state index contributed by atoms with van der Waals surface area (Å²) >= 11 is 1.52. The number of nitrogens with zero attached hydrogens (tertiary/aromatic N) is 1. The van der Waals surface area contributed by atoms with Crippen molar-refractivity contribution in [2.45, 2.75) is 32.7 Å². The highest BCUT2D eigenvalue weighted by Gasteiger charge is 2.25. The SMILES string of the molecule is COC(=O)CCc1c(-c2cccs2)c(C(N)=O)c(C)n1CCCO. The number of amides is 1. The van der Waals surface area contributed by atoms with Gasteiger partial charge in [0, 0.05) is 35.0 Å². The van der Waals surface area contributed by atoms with Crippen molar-refractivity contribution >= 4 is 23.2 Å². The van der Waals surface area contributed by atoms with Gasteiger partial charge in [-0.25, -0.2) is 0 Å². The van der Waals surface area contributed by atoms with Crippen LogP contribution in [0.4, 0.5) is 0 Å². The van der Waals surface area contributed by atoms with Crippen LogP contribution in [-0.2, 0) is 22.5 Å². The van der Waals surface area contributed by atoms with Gasteiger partial charge in [-0.2, -0.15) is 0 Å². The van der Waals surface area contributed by atoms with Gasteiger partial charge in [-0.3, -0.25) is 9.59 Å². The van der Waals surface area contributed by atoms with E-state index in [1.807, 2.05) is 29.0 Å². The maximum Gasteiger partial charge on any atom is 0.305 e. The van der Waals surface area contributed by atoms with Crippen LogP contribution in [0.3, 0.4) is 0 Å². The molecule has 0 aromatic carbocycles. The van der Waals surface area contributed by atoms with E-state index in [-0.39, 0.29) is 19.0 Å². The standard InChI is InChI=1S/C17H22N2O4S/c1-11-15(17(18)22)16(13-5-3-10-24-13)12(6-7-14(21)23-2)19(11)8-4-9-20/h3,5,10,20H,4,6-9H2,1-2H3,(H2,18,22). The first kappa shape index (κ1) is 18.2. The zero-order chi connectivity index (χ0) is 17.7. The fourth-order valence-electron chi connectivity index (χ4n) is 2.90. The Balaban J connectivity index is 2.59. The number of primary amides is 1. The number of ether oxygens (including phenoxy) is 1. The van der Waals surface area contributed by atoms with Crippen LogP contribution in [0.5, 0.6) is 0 Å². The van der Waals surface area contributed by atoms with Gasteiger partial charge in [0.05, 0.1) is 19.1 Å². The number of aromatic nitrogens is 1. The Labute approximate surface area is 144 Å². The summed E-state index contributed by atoms with van der Waals surface area (Å²) in [6.07, 6.45) is 1.22. The van der Waals surface area contributed by atoms with E-state index in [9.17, 15) is 9.59 Å². The lowest BCUT2D eigenvalue weighted by Gasteiger charge is -2.12. The van der Waals surface area contributed by atoms with E-state index in [4.69, 9.17) is 15.6 Å². The third-order valence-corrected chi connectivity index (χ3v) is 4.87. The van der Waals surface area contributed by atoms with Crippen LogP contribution in [0.25, 0.3) is 10.4 Å². The number of nitrogens with two attached hydrogens (primary N) is 1. The number of methoxy groups -OCH3 is 1. The molecule has 0 bridgehead atoms. The molecule has 0 aliphatic rings. The normalized spacial score (nSPS) is 10.8. The van der Waals surface area contributed by atoms with Gasteiger partial charge in [0.2, 0.25) is 0 Å². The van der Waals surface area contributed by atoms with Crippen LogP contribution in [0.1, 0.15) is 34.6 Å². The van der Waals surface area contributed by atoms with Crippen LogP contribution in [0, 0.1) is 6.92 Å². The second-order valence-corrected chi connectivity index (χ2v) is 6.38. The second kappa shape index (κ2) is 8.12. The van der Waals surface area contributed by atoms with Crippen LogP contribution in [-0.4, -0.2) is 35.3 Å². The van der Waals surface area contributed by atoms with Crippen molar-refractivity contribution in [2.24, 2.45) is 5.73 Å². The molecule has 0 aliphatic carbocycles. The zero-order valence-corrected chi connectivity index (χ0v) is 14.7. The Morgan fingerprint density at radius 2 is 2.17 bits per heavy atom. The van der Waals surface area contributed by atoms with E-state index in [1.165, 1.54) is 18.4 Å². The van der Waals surface area contributed by atoms with E-state index < -0.39 is 5.91 Å². The van der Waals surface area contributed by atoms with E-state index in [0.717, 1.165) is 21.8 Å². The lowest BCUT2D eigenvalue weighted by Crippen LogP contribution is -2.13. The summed E-state index contributed by atoms with van der Waals surface area (Å²) in [6, 6.07) is 3.85. The summed E-state index contributed by atoms with van der Waals surface area (Å²) in [5.74, 6) is -0.793. The summed E-state index contributed by atoms with van der Waals surface area (Å²) in [6.45, 7) is 2.45. The van der Waals surface area contributed by atoms with E-state index >= 15 is 0 Å². The van der Waals surface area contributed by atoms with Gasteiger partial charge in [0.25, 0.3) is 5.91 Å². The van der Waals surface area contributed by atoms with Crippen LogP contribution in [0.15, 0.2) is 17.5 Å². The molecule has 130 valence electrons. The Bertz CT molecular complexity index is 720. The molecule has 2 aromatic heterocycles. The van der Waals surface area contributed by atoms with Gasteiger partial charge in [0.1, 0.15) is 0 Å². The van der Waals surface area contributed by atoms with Crippen molar-refractivity contribution in [1.29, 1.82) is 0 Å². The predicted molar refractivity (Wildman–Crippen MR) is 93.0 cm³/mol. The number of carbonyl (C=O) groups is 2. The molecule has 2 rings (SSSR count). The fraction of sp³-hybridized carbons (Fsp3) is 0.412. The summed E-state index contributed by atoms with van der Waals surface area (Å²) < 4.78 is 6.71. The molecule has 0 spiro atoms. The molecular weight excluding hydrogens is 328 g/mol. The molecule has 24 heavy (non-hydrogen) atoms. The number of aliphatic hydroxyl groups excluding tert-OH is 1. The maximum atomic E-state index is 12.0. The number of esters is 1. The number of thiophene rings is 1. The molecular formula is C17H22N2O4S. The summed E-state index contributed by atoms with van der Waals surface area (Å²) in [5.41, 5.74) is 8.54. The largest absolute Gasteiger partial charge is 0.469 e. The summed E-state index contributed by atoms with van der Waals surface area (Å²) in [5, 5.41) is 11.1. The topological polar surface area (TPSA) is 94.5 Å². The van der Waals surface area contributed by atoms with Gasteiger partial charge >= 0.3 is 5.97 Å². The molecule has 2 heterocycles. The van der Waals surface area contributed by atoms with Crippen LogP contribution >= 0.6 is 11.3 Å². The minimum atomic E-state index is -0.488. The minimum absolute atomic E-state index is 0.0499. The molecule has 0 aliphatic heterocycles.